The average Bonchev–Trinajstić information content (AvgIpc) is 2.13. The molecule has 3 nitrogen and oxygen atoms in total. The summed E-state index contributed by atoms with van der Waals surface area (Å²) in [5, 5.41) is 0. The highest BCUT2D eigenvalue weighted by Gasteiger charge is 2.00. The molecule has 0 radical (unpaired) electrons. The van der Waals surface area contributed by atoms with Crippen LogP contribution in [0.15, 0.2) is 21.8 Å². The zero-order valence-corrected chi connectivity index (χ0v) is 6.16. The molecule has 0 aromatic carbocycles. The fraction of sp³-hybridized carbons (Fsp3) is 0.429. The molecule has 0 aromatic heterocycles. The molecule has 0 N–H and O–H groups in total. The summed E-state index contributed by atoms with van der Waals surface area (Å²) in [4.78, 5) is 7.84. The van der Waals surface area contributed by atoms with Crippen molar-refractivity contribution in [2.24, 2.45) is 9.98 Å². The lowest BCUT2D eigenvalue weighted by Crippen LogP contribution is -2.00. The monoisotopic (exact) mass is 138 g/mol. The first-order valence-electron chi connectivity index (χ1n) is 3.11. The molecular formula is C7H10N2O. The van der Waals surface area contributed by atoms with Gasteiger partial charge in [0, 0.05) is 12.6 Å². The molecule has 0 fully saturated rings. The van der Waals surface area contributed by atoms with E-state index < -0.39 is 0 Å². The van der Waals surface area contributed by atoms with Crippen LogP contribution in [0.25, 0.3) is 0 Å². The van der Waals surface area contributed by atoms with E-state index in [0.717, 1.165) is 17.9 Å². The minimum atomic E-state index is 0.718. The number of rotatable bonds is 0. The Balaban J connectivity index is 2.72. The van der Waals surface area contributed by atoms with Crippen LogP contribution in [0.2, 0.25) is 0 Å². The molecule has 0 spiro atoms. The summed E-state index contributed by atoms with van der Waals surface area (Å²) in [7, 11) is 1.62. The van der Waals surface area contributed by atoms with Crippen LogP contribution in [0.1, 0.15) is 13.3 Å². The molecule has 0 aromatic rings. The predicted molar refractivity (Wildman–Crippen MR) is 41.3 cm³/mol. The van der Waals surface area contributed by atoms with E-state index >= 15 is 0 Å². The maximum Gasteiger partial charge on any atom is 0.193 e. The Morgan fingerprint density at radius 1 is 1.60 bits per heavy atom. The van der Waals surface area contributed by atoms with Crippen molar-refractivity contribution in [2.45, 2.75) is 13.3 Å². The minimum absolute atomic E-state index is 0.718. The molecule has 0 aliphatic carbocycles. The molecule has 1 aliphatic rings. The second-order valence-corrected chi connectivity index (χ2v) is 2.14. The number of hydrogen-bond donors (Lipinski definition) is 0. The highest BCUT2D eigenvalue weighted by molar-refractivity contribution is 5.86. The maximum absolute atomic E-state index is 4.96. The van der Waals surface area contributed by atoms with E-state index in [2.05, 4.69) is 9.98 Å². The summed E-state index contributed by atoms with van der Waals surface area (Å²) >= 11 is 0. The summed E-state index contributed by atoms with van der Waals surface area (Å²) in [6.07, 6.45) is 4.04. The predicted octanol–water partition coefficient (Wildman–Crippen LogP) is 1.37. The van der Waals surface area contributed by atoms with Gasteiger partial charge in [-0.05, 0) is 12.5 Å². The molecule has 0 unspecified atom stereocenters. The van der Waals surface area contributed by atoms with Crippen LogP contribution >= 0.6 is 0 Å². The molecule has 1 aliphatic heterocycles. The topological polar surface area (TPSA) is 34.0 Å². The van der Waals surface area contributed by atoms with Crippen molar-refractivity contribution in [3.05, 3.63) is 11.8 Å². The molecule has 0 saturated carbocycles. The molecule has 1 rings (SSSR count). The fourth-order valence-electron chi connectivity index (χ4n) is 0.713. The van der Waals surface area contributed by atoms with Gasteiger partial charge in [-0.3, -0.25) is 0 Å². The quantitative estimate of drug-likeness (QED) is 0.497. The first kappa shape index (κ1) is 6.99. The van der Waals surface area contributed by atoms with E-state index in [1.54, 1.807) is 13.3 Å². The van der Waals surface area contributed by atoms with E-state index in [1.165, 1.54) is 6.34 Å². The van der Waals surface area contributed by atoms with Crippen LogP contribution < -0.4 is 0 Å². The van der Waals surface area contributed by atoms with Gasteiger partial charge < -0.3 is 4.74 Å². The molecule has 10 heavy (non-hydrogen) atoms. The van der Waals surface area contributed by atoms with E-state index in [4.69, 9.17) is 4.74 Å². The Bertz CT molecular complexity index is 204. The third-order valence-corrected chi connectivity index (χ3v) is 1.23. The van der Waals surface area contributed by atoms with Crippen molar-refractivity contribution < 1.29 is 4.74 Å². The molecule has 0 atom stereocenters. The van der Waals surface area contributed by atoms with Gasteiger partial charge >= 0.3 is 0 Å². The number of hydrogen-bond acceptors (Lipinski definition) is 3. The normalized spacial score (nSPS) is 17.4. The SMILES string of the molecule is COC1=NC=NC=C(C)C1. The van der Waals surface area contributed by atoms with E-state index in [-0.39, 0.29) is 0 Å². The fourth-order valence-corrected chi connectivity index (χ4v) is 0.713. The lowest BCUT2D eigenvalue weighted by atomic mass is 10.2. The van der Waals surface area contributed by atoms with Crippen LogP contribution in [0.4, 0.5) is 0 Å². The third-order valence-electron chi connectivity index (χ3n) is 1.23. The minimum Gasteiger partial charge on any atom is -0.484 e. The van der Waals surface area contributed by atoms with Crippen molar-refractivity contribution in [2.75, 3.05) is 7.11 Å². The number of aliphatic imine (C=N–C) groups is 2. The lowest BCUT2D eigenvalue weighted by molar-refractivity contribution is 0.395. The van der Waals surface area contributed by atoms with Gasteiger partial charge in [0.15, 0.2) is 5.90 Å². The van der Waals surface area contributed by atoms with Crippen molar-refractivity contribution in [1.82, 2.24) is 0 Å². The van der Waals surface area contributed by atoms with E-state index in [9.17, 15) is 0 Å². The Hall–Kier alpha value is -1.12. The Kier molecular flexibility index (Phi) is 2.20. The first-order valence-corrected chi connectivity index (χ1v) is 3.11. The number of methoxy groups -OCH3 is 1. The van der Waals surface area contributed by atoms with Crippen LogP contribution in [-0.2, 0) is 4.74 Å². The summed E-state index contributed by atoms with van der Waals surface area (Å²) < 4.78 is 4.96. The van der Waals surface area contributed by atoms with E-state index in [1.807, 2.05) is 6.92 Å². The Morgan fingerprint density at radius 2 is 2.40 bits per heavy atom. The van der Waals surface area contributed by atoms with Gasteiger partial charge in [-0.2, -0.15) is 0 Å². The largest absolute Gasteiger partial charge is 0.484 e. The molecule has 0 bridgehead atoms. The van der Waals surface area contributed by atoms with Crippen molar-refractivity contribution in [3.63, 3.8) is 0 Å². The maximum atomic E-state index is 4.96. The van der Waals surface area contributed by atoms with Gasteiger partial charge in [-0.25, -0.2) is 9.98 Å². The van der Waals surface area contributed by atoms with E-state index in [0.29, 0.717) is 0 Å². The van der Waals surface area contributed by atoms with Crippen LogP contribution in [0.3, 0.4) is 0 Å². The zero-order chi connectivity index (χ0) is 7.40. The first-order chi connectivity index (χ1) is 4.83. The van der Waals surface area contributed by atoms with Gasteiger partial charge in [0.2, 0.25) is 0 Å². The highest BCUT2D eigenvalue weighted by Crippen LogP contribution is 2.04. The van der Waals surface area contributed by atoms with Gasteiger partial charge in [0.25, 0.3) is 0 Å². The van der Waals surface area contributed by atoms with Crippen LogP contribution in [-0.4, -0.2) is 19.3 Å². The van der Waals surface area contributed by atoms with Gasteiger partial charge in [-0.15, -0.1) is 0 Å². The molecule has 1 heterocycles. The molecule has 0 amide bonds. The van der Waals surface area contributed by atoms with Crippen molar-refractivity contribution >= 4 is 12.2 Å². The van der Waals surface area contributed by atoms with Gasteiger partial charge in [-0.1, -0.05) is 0 Å². The van der Waals surface area contributed by atoms with Crippen LogP contribution in [0.5, 0.6) is 0 Å². The number of nitrogens with zero attached hydrogens (tertiary/aromatic N) is 2. The number of ether oxygens (including phenoxy) is 1. The van der Waals surface area contributed by atoms with Crippen molar-refractivity contribution in [1.29, 1.82) is 0 Å². The molecule has 54 valence electrons. The highest BCUT2D eigenvalue weighted by atomic mass is 16.5. The van der Waals surface area contributed by atoms with Crippen molar-refractivity contribution in [3.8, 4) is 0 Å². The van der Waals surface area contributed by atoms with Gasteiger partial charge in [0.05, 0.1) is 7.11 Å². The summed E-state index contributed by atoms with van der Waals surface area (Å²) in [5.74, 6) is 0.718. The smallest absolute Gasteiger partial charge is 0.193 e. The van der Waals surface area contributed by atoms with Gasteiger partial charge in [0.1, 0.15) is 6.34 Å². The second-order valence-electron chi connectivity index (χ2n) is 2.14. The molecule has 0 saturated heterocycles. The Labute approximate surface area is 60.1 Å². The average molecular weight is 138 g/mol. The molecule has 3 heteroatoms. The summed E-state index contributed by atoms with van der Waals surface area (Å²) in [6.45, 7) is 2.00. The zero-order valence-electron chi connectivity index (χ0n) is 6.16. The summed E-state index contributed by atoms with van der Waals surface area (Å²) in [6, 6.07) is 0. The molecular weight excluding hydrogens is 128 g/mol. The lowest BCUT2D eigenvalue weighted by Gasteiger charge is -1.99. The second kappa shape index (κ2) is 3.15. The summed E-state index contributed by atoms with van der Waals surface area (Å²) in [5.41, 5.74) is 1.16. The standard InChI is InChI=1S/C7H10N2O/c1-6-3-7(10-2)9-5-8-4-6/h4-5H,3H2,1-2H3. The Morgan fingerprint density at radius 3 is 3.10 bits per heavy atom. The third kappa shape index (κ3) is 1.69. The van der Waals surface area contributed by atoms with Crippen LogP contribution in [0, 0.1) is 0 Å².